The van der Waals surface area contributed by atoms with E-state index in [0.29, 0.717) is 28.2 Å². The van der Waals surface area contributed by atoms with Crippen molar-refractivity contribution in [2.24, 2.45) is 0 Å². The molecule has 2 N–H and O–H groups in total. The Kier molecular flexibility index (Phi) is 4.31. The van der Waals surface area contributed by atoms with Gasteiger partial charge in [-0.3, -0.25) is 9.89 Å². The molecule has 0 bridgehead atoms. The Morgan fingerprint density at radius 2 is 1.75 bits per heavy atom. The number of nitrogens with one attached hydrogen (secondary N) is 2. The molecule has 0 aliphatic heterocycles. The lowest BCUT2D eigenvalue weighted by Gasteiger charge is -2.08. The van der Waals surface area contributed by atoms with Gasteiger partial charge in [-0.25, -0.2) is 8.78 Å². The first-order valence-corrected chi connectivity index (χ1v) is 7.40. The van der Waals surface area contributed by atoms with E-state index in [0.717, 1.165) is 17.7 Å². The van der Waals surface area contributed by atoms with Crippen molar-refractivity contribution in [1.82, 2.24) is 10.2 Å². The first-order chi connectivity index (χ1) is 11.4. The summed E-state index contributed by atoms with van der Waals surface area (Å²) in [5.41, 5.74) is 2.19. The van der Waals surface area contributed by atoms with E-state index in [1.165, 1.54) is 0 Å². The molecule has 0 spiro atoms. The number of aryl methyl sites for hydroxylation is 1. The summed E-state index contributed by atoms with van der Waals surface area (Å²) in [6.07, 6.45) is 0. The first-order valence-electron chi connectivity index (χ1n) is 7.02. The summed E-state index contributed by atoms with van der Waals surface area (Å²) in [7, 11) is 0. The van der Waals surface area contributed by atoms with Gasteiger partial charge in [0, 0.05) is 22.2 Å². The van der Waals surface area contributed by atoms with Crippen LogP contribution in [-0.2, 0) is 0 Å². The number of carbonyl (C=O) groups is 1. The van der Waals surface area contributed by atoms with Crippen molar-refractivity contribution in [1.29, 1.82) is 0 Å². The van der Waals surface area contributed by atoms with Crippen LogP contribution in [0.3, 0.4) is 0 Å². The molecule has 4 nitrogen and oxygen atoms in total. The Morgan fingerprint density at radius 1 is 1.12 bits per heavy atom. The summed E-state index contributed by atoms with van der Waals surface area (Å²) in [4.78, 5) is 12.3. The zero-order chi connectivity index (χ0) is 17.3. The van der Waals surface area contributed by atoms with Crippen LogP contribution in [0.15, 0.2) is 42.5 Å². The van der Waals surface area contributed by atoms with Gasteiger partial charge in [0.25, 0.3) is 5.91 Å². The van der Waals surface area contributed by atoms with Gasteiger partial charge in [0.1, 0.15) is 17.3 Å². The topological polar surface area (TPSA) is 57.8 Å². The number of aromatic amines is 1. The van der Waals surface area contributed by atoms with Crippen LogP contribution >= 0.6 is 11.6 Å². The number of hydrogen-bond donors (Lipinski definition) is 2. The number of aromatic nitrogens is 2. The fourth-order valence-corrected chi connectivity index (χ4v) is 2.40. The summed E-state index contributed by atoms with van der Waals surface area (Å²) in [6.45, 7) is 1.73. The number of hydrogen-bond acceptors (Lipinski definition) is 2. The Hall–Kier alpha value is -2.73. The Balaban J connectivity index is 1.94. The van der Waals surface area contributed by atoms with E-state index >= 15 is 0 Å². The molecular weight excluding hydrogens is 336 g/mol. The Bertz CT molecular complexity index is 886. The largest absolute Gasteiger partial charge is 0.319 e. The molecule has 1 amide bonds. The number of amides is 1. The van der Waals surface area contributed by atoms with Gasteiger partial charge in [-0.15, -0.1) is 0 Å². The zero-order valence-electron chi connectivity index (χ0n) is 12.5. The number of rotatable bonds is 3. The summed E-state index contributed by atoms with van der Waals surface area (Å²) in [5.74, 6) is -2.27. The van der Waals surface area contributed by atoms with Gasteiger partial charge in [-0.2, -0.15) is 5.10 Å². The maximum absolute atomic E-state index is 13.3. The predicted octanol–water partition coefficient (Wildman–Crippen LogP) is 4.57. The normalized spacial score (nSPS) is 10.7. The van der Waals surface area contributed by atoms with E-state index in [1.807, 2.05) is 0 Å². The van der Waals surface area contributed by atoms with E-state index in [-0.39, 0.29) is 5.56 Å². The lowest BCUT2D eigenvalue weighted by molar-refractivity contribution is 0.102. The predicted molar refractivity (Wildman–Crippen MR) is 88.1 cm³/mol. The fourth-order valence-electron chi connectivity index (χ4n) is 2.27. The van der Waals surface area contributed by atoms with Crippen LogP contribution < -0.4 is 5.32 Å². The van der Waals surface area contributed by atoms with Crippen LogP contribution in [0.5, 0.6) is 0 Å². The molecule has 0 saturated carbocycles. The molecule has 24 heavy (non-hydrogen) atoms. The second-order valence-corrected chi connectivity index (χ2v) is 5.63. The van der Waals surface area contributed by atoms with Crippen molar-refractivity contribution < 1.29 is 13.6 Å². The molecule has 0 fully saturated rings. The molecule has 1 heterocycles. The molecule has 7 heteroatoms. The number of carbonyl (C=O) groups excluding carboxylic acids is 1. The first kappa shape index (κ1) is 16.1. The van der Waals surface area contributed by atoms with Gasteiger partial charge < -0.3 is 5.32 Å². The molecule has 1 aromatic heterocycles. The third-order valence-corrected chi connectivity index (χ3v) is 3.68. The fraction of sp³-hybridized carbons (Fsp3) is 0.0588. The second kappa shape index (κ2) is 6.41. The van der Waals surface area contributed by atoms with Crippen LogP contribution in [0.25, 0.3) is 11.3 Å². The molecule has 2 aromatic carbocycles. The van der Waals surface area contributed by atoms with E-state index in [4.69, 9.17) is 11.6 Å². The van der Waals surface area contributed by atoms with Crippen LogP contribution in [0.4, 0.5) is 14.5 Å². The van der Waals surface area contributed by atoms with Gasteiger partial charge >= 0.3 is 0 Å². The molecule has 0 aliphatic carbocycles. The van der Waals surface area contributed by atoms with Crippen molar-refractivity contribution in [3.8, 4) is 11.3 Å². The van der Waals surface area contributed by atoms with Crippen LogP contribution in [0.1, 0.15) is 16.1 Å². The number of benzene rings is 2. The number of halogens is 3. The summed E-state index contributed by atoms with van der Waals surface area (Å²) in [6, 6.07) is 9.57. The average Bonchev–Trinajstić information content (AvgIpc) is 2.88. The van der Waals surface area contributed by atoms with Crippen molar-refractivity contribution in [2.75, 3.05) is 5.32 Å². The minimum absolute atomic E-state index is 0.116. The standard InChI is InChI=1S/C17H12ClF2N3O/c1-9-15(16(23-22-9)10-2-4-12(18)5-3-10)21-17(24)11-6-13(19)8-14(20)7-11/h2-8H,1H3,(H,21,24)(H,22,23). The highest BCUT2D eigenvalue weighted by Gasteiger charge is 2.17. The number of H-pyrrole nitrogens is 1. The summed E-state index contributed by atoms with van der Waals surface area (Å²) in [5, 5.41) is 10.2. The molecule has 0 atom stereocenters. The highest BCUT2D eigenvalue weighted by atomic mass is 35.5. The zero-order valence-corrected chi connectivity index (χ0v) is 13.3. The van der Waals surface area contributed by atoms with Gasteiger partial charge in [0.15, 0.2) is 0 Å². The molecule has 3 aromatic rings. The van der Waals surface area contributed by atoms with Gasteiger partial charge in [0.2, 0.25) is 0 Å². The molecule has 122 valence electrons. The number of nitrogens with zero attached hydrogens (tertiary/aromatic N) is 1. The Morgan fingerprint density at radius 3 is 2.38 bits per heavy atom. The maximum Gasteiger partial charge on any atom is 0.255 e. The molecule has 3 rings (SSSR count). The smallest absolute Gasteiger partial charge is 0.255 e. The summed E-state index contributed by atoms with van der Waals surface area (Å²) < 4.78 is 26.6. The number of anilines is 1. The third-order valence-electron chi connectivity index (χ3n) is 3.43. The van der Waals surface area contributed by atoms with Crippen molar-refractivity contribution in [2.45, 2.75) is 6.92 Å². The van der Waals surface area contributed by atoms with E-state index in [1.54, 1.807) is 31.2 Å². The van der Waals surface area contributed by atoms with Crippen molar-refractivity contribution in [3.05, 3.63) is 70.4 Å². The second-order valence-electron chi connectivity index (χ2n) is 5.19. The SMILES string of the molecule is Cc1[nH]nc(-c2ccc(Cl)cc2)c1NC(=O)c1cc(F)cc(F)c1. The van der Waals surface area contributed by atoms with E-state index in [9.17, 15) is 13.6 Å². The van der Waals surface area contributed by atoms with Crippen molar-refractivity contribution >= 4 is 23.2 Å². The minimum atomic E-state index is -0.818. The minimum Gasteiger partial charge on any atom is -0.319 e. The van der Waals surface area contributed by atoms with E-state index < -0.39 is 17.5 Å². The average molecular weight is 348 g/mol. The van der Waals surface area contributed by atoms with Gasteiger partial charge in [-0.1, -0.05) is 23.7 Å². The molecule has 0 radical (unpaired) electrons. The maximum atomic E-state index is 13.3. The van der Waals surface area contributed by atoms with Crippen LogP contribution in [0, 0.1) is 18.6 Å². The summed E-state index contributed by atoms with van der Waals surface area (Å²) >= 11 is 5.87. The third kappa shape index (κ3) is 3.28. The lowest BCUT2D eigenvalue weighted by Crippen LogP contribution is -2.13. The highest BCUT2D eigenvalue weighted by Crippen LogP contribution is 2.29. The van der Waals surface area contributed by atoms with Crippen LogP contribution in [0.2, 0.25) is 5.02 Å². The monoisotopic (exact) mass is 347 g/mol. The molecule has 0 aliphatic rings. The lowest BCUT2D eigenvalue weighted by atomic mass is 10.1. The van der Waals surface area contributed by atoms with Crippen LogP contribution in [-0.4, -0.2) is 16.1 Å². The van der Waals surface area contributed by atoms with Gasteiger partial charge in [0.05, 0.1) is 11.4 Å². The quantitative estimate of drug-likeness (QED) is 0.729. The molecular formula is C17H12ClF2N3O. The van der Waals surface area contributed by atoms with Gasteiger partial charge in [-0.05, 0) is 31.2 Å². The van der Waals surface area contributed by atoms with Crippen molar-refractivity contribution in [3.63, 3.8) is 0 Å². The highest BCUT2D eigenvalue weighted by molar-refractivity contribution is 6.30. The van der Waals surface area contributed by atoms with E-state index in [2.05, 4.69) is 15.5 Å². The Labute approximate surface area is 141 Å². The molecule has 0 saturated heterocycles. The molecule has 0 unspecified atom stereocenters.